The van der Waals surface area contributed by atoms with E-state index < -0.39 is 30.3 Å². The fourth-order valence-electron chi connectivity index (χ4n) is 2.66. The van der Waals surface area contributed by atoms with Gasteiger partial charge in [0.2, 0.25) is 0 Å². The highest BCUT2D eigenvalue weighted by molar-refractivity contribution is 6.28. The van der Waals surface area contributed by atoms with E-state index in [2.05, 4.69) is 5.32 Å². The van der Waals surface area contributed by atoms with Crippen LogP contribution in [0.1, 0.15) is 21.5 Å². The Morgan fingerprint density at radius 2 is 1.68 bits per heavy atom. The Kier molecular flexibility index (Phi) is 5.35. The second-order valence-corrected chi connectivity index (χ2v) is 6.32. The minimum absolute atomic E-state index is 0.129. The average molecular weight is 378 g/mol. The predicted octanol–water partition coefficient (Wildman–Crippen LogP) is 2.53. The lowest BCUT2D eigenvalue weighted by atomic mass is 10.1. The molecule has 0 bridgehead atoms. The van der Waals surface area contributed by atoms with Crippen molar-refractivity contribution in [3.8, 4) is 0 Å². The zero-order valence-electron chi connectivity index (χ0n) is 15.4. The van der Waals surface area contributed by atoms with Crippen LogP contribution in [0.15, 0.2) is 54.6 Å². The molecule has 1 heterocycles. The number of esters is 1. The quantitative estimate of drug-likeness (QED) is 0.638. The highest BCUT2D eigenvalue weighted by Crippen LogP contribution is 2.20. The summed E-state index contributed by atoms with van der Waals surface area (Å²) in [6.07, 6.45) is 2.31. The summed E-state index contributed by atoms with van der Waals surface area (Å²) < 4.78 is 5.03. The first kappa shape index (κ1) is 19.0. The maximum absolute atomic E-state index is 12.2. The lowest BCUT2D eigenvalue weighted by Gasteiger charge is -2.14. The Bertz CT molecular complexity index is 992. The maximum Gasteiger partial charge on any atom is 0.338 e. The molecule has 0 radical (unpaired) electrons. The Morgan fingerprint density at radius 1 is 0.964 bits per heavy atom. The fraction of sp³-hybridized carbons (Fsp3) is 0.143. The van der Waals surface area contributed by atoms with Crippen molar-refractivity contribution >= 4 is 35.1 Å². The van der Waals surface area contributed by atoms with Gasteiger partial charge in [-0.2, -0.15) is 0 Å². The minimum Gasteiger partial charge on any atom is -0.452 e. The van der Waals surface area contributed by atoms with Crippen molar-refractivity contribution in [3.05, 3.63) is 71.3 Å². The van der Waals surface area contributed by atoms with E-state index in [0.29, 0.717) is 5.69 Å². The first-order valence-corrected chi connectivity index (χ1v) is 8.55. The Hall–Kier alpha value is -3.74. The van der Waals surface area contributed by atoms with Crippen LogP contribution in [0.5, 0.6) is 0 Å². The number of amides is 3. The van der Waals surface area contributed by atoms with Gasteiger partial charge >= 0.3 is 5.97 Å². The van der Waals surface area contributed by atoms with Crippen LogP contribution in [0.4, 0.5) is 11.4 Å². The molecule has 0 aromatic heterocycles. The van der Waals surface area contributed by atoms with E-state index in [1.807, 2.05) is 26.0 Å². The second kappa shape index (κ2) is 7.87. The lowest BCUT2D eigenvalue weighted by Crippen LogP contribution is -2.29. The molecule has 1 N–H and O–H groups in total. The third-order valence-electron chi connectivity index (χ3n) is 4.27. The highest BCUT2D eigenvalue weighted by Gasteiger charge is 2.25. The maximum atomic E-state index is 12.2. The van der Waals surface area contributed by atoms with E-state index >= 15 is 0 Å². The number of aryl methyl sites for hydroxylation is 2. The summed E-state index contributed by atoms with van der Waals surface area (Å²) in [5.74, 6) is -2.17. The molecule has 0 fully saturated rings. The van der Waals surface area contributed by atoms with Gasteiger partial charge in [-0.25, -0.2) is 9.69 Å². The van der Waals surface area contributed by atoms with Gasteiger partial charge in [-0.1, -0.05) is 12.1 Å². The third-order valence-corrected chi connectivity index (χ3v) is 4.27. The van der Waals surface area contributed by atoms with Crippen LogP contribution in [0.25, 0.3) is 0 Å². The molecule has 0 aliphatic carbocycles. The number of nitrogens with zero attached hydrogens (tertiary/aromatic N) is 1. The average Bonchev–Trinajstić information content (AvgIpc) is 3.01. The van der Waals surface area contributed by atoms with E-state index in [-0.39, 0.29) is 11.3 Å². The normalized spacial score (nSPS) is 13.0. The summed E-state index contributed by atoms with van der Waals surface area (Å²) in [5.41, 5.74) is 3.14. The van der Waals surface area contributed by atoms with Crippen molar-refractivity contribution in [3.63, 3.8) is 0 Å². The predicted molar refractivity (Wildman–Crippen MR) is 103 cm³/mol. The van der Waals surface area contributed by atoms with Gasteiger partial charge in [-0.15, -0.1) is 0 Å². The number of carbonyl (C=O) groups is 4. The molecule has 0 atom stereocenters. The molecule has 7 heteroatoms. The fourth-order valence-corrected chi connectivity index (χ4v) is 2.66. The van der Waals surface area contributed by atoms with E-state index in [0.717, 1.165) is 28.2 Å². The number of rotatable bonds is 5. The van der Waals surface area contributed by atoms with Gasteiger partial charge in [0.1, 0.15) is 0 Å². The first-order chi connectivity index (χ1) is 13.3. The number of benzene rings is 2. The molecule has 28 heavy (non-hydrogen) atoms. The smallest absolute Gasteiger partial charge is 0.338 e. The molecule has 0 saturated carbocycles. The van der Waals surface area contributed by atoms with Crippen molar-refractivity contribution in [2.75, 3.05) is 16.8 Å². The second-order valence-electron chi connectivity index (χ2n) is 6.32. The van der Waals surface area contributed by atoms with E-state index in [1.54, 1.807) is 6.07 Å². The van der Waals surface area contributed by atoms with Crippen molar-refractivity contribution in [1.29, 1.82) is 0 Å². The van der Waals surface area contributed by atoms with Crippen LogP contribution in [-0.2, 0) is 19.1 Å². The largest absolute Gasteiger partial charge is 0.452 e. The van der Waals surface area contributed by atoms with Gasteiger partial charge < -0.3 is 10.1 Å². The molecule has 142 valence electrons. The van der Waals surface area contributed by atoms with Gasteiger partial charge in [0.05, 0.1) is 11.3 Å². The molecule has 0 spiro atoms. The summed E-state index contributed by atoms with van der Waals surface area (Å²) in [7, 11) is 0. The van der Waals surface area contributed by atoms with Gasteiger partial charge in [-0.05, 0) is 55.3 Å². The van der Waals surface area contributed by atoms with Crippen molar-refractivity contribution < 1.29 is 23.9 Å². The third kappa shape index (κ3) is 4.15. The van der Waals surface area contributed by atoms with Crippen LogP contribution in [0.3, 0.4) is 0 Å². The highest BCUT2D eigenvalue weighted by atomic mass is 16.5. The van der Waals surface area contributed by atoms with Crippen LogP contribution in [-0.4, -0.2) is 30.3 Å². The number of carbonyl (C=O) groups excluding carboxylic acids is 4. The number of hydrogen-bond acceptors (Lipinski definition) is 5. The molecule has 3 amide bonds. The van der Waals surface area contributed by atoms with Gasteiger partial charge in [0, 0.05) is 17.8 Å². The monoisotopic (exact) mass is 378 g/mol. The molecule has 7 nitrogen and oxygen atoms in total. The SMILES string of the molecule is Cc1ccc(NC(=O)COC(=O)c2cccc(N3C(=O)C=CC3=O)c2)cc1C. The molecule has 2 aromatic rings. The minimum atomic E-state index is -0.732. The number of anilines is 2. The molecule has 1 aliphatic rings. The molecular formula is C21H18N2O5. The number of ether oxygens (including phenoxy) is 1. The summed E-state index contributed by atoms with van der Waals surface area (Å²) in [4.78, 5) is 48.7. The molecule has 0 saturated heterocycles. The van der Waals surface area contributed by atoms with Crippen molar-refractivity contribution in [2.24, 2.45) is 0 Å². The molecule has 2 aromatic carbocycles. The molecule has 0 unspecified atom stereocenters. The Labute approximate surface area is 161 Å². The van der Waals surface area contributed by atoms with Crippen LogP contribution in [0.2, 0.25) is 0 Å². The summed E-state index contributed by atoms with van der Waals surface area (Å²) in [6.45, 7) is 3.44. The first-order valence-electron chi connectivity index (χ1n) is 8.55. The standard InChI is InChI=1S/C21H18N2O5/c1-13-6-7-16(10-14(13)2)22-18(24)12-28-21(27)15-4-3-5-17(11-15)23-19(25)8-9-20(23)26/h3-11H,12H2,1-2H3,(H,22,24). The lowest BCUT2D eigenvalue weighted by molar-refractivity contribution is -0.120. The molecular weight excluding hydrogens is 360 g/mol. The molecule has 1 aliphatic heterocycles. The number of hydrogen-bond donors (Lipinski definition) is 1. The van der Waals surface area contributed by atoms with E-state index in [4.69, 9.17) is 4.74 Å². The topological polar surface area (TPSA) is 92.8 Å². The number of imide groups is 1. The van der Waals surface area contributed by atoms with Crippen LogP contribution < -0.4 is 10.2 Å². The van der Waals surface area contributed by atoms with Gasteiger partial charge in [0.15, 0.2) is 6.61 Å². The molecule has 3 rings (SSSR count). The zero-order chi connectivity index (χ0) is 20.3. The number of nitrogens with one attached hydrogen (secondary N) is 1. The summed E-state index contributed by atoms with van der Waals surface area (Å²) in [6, 6.07) is 11.4. The zero-order valence-corrected chi connectivity index (χ0v) is 15.4. The van der Waals surface area contributed by atoms with Crippen molar-refractivity contribution in [2.45, 2.75) is 13.8 Å². The van der Waals surface area contributed by atoms with Gasteiger partial charge in [-0.3, -0.25) is 14.4 Å². The summed E-state index contributed by atoms with van der Waals surface area (Å²) in [5, 5.41) is 2.66. The van der Waals surface area contributed by atoms with Crippen molar-refractivity contribution in [1.82, 2.24) is 0 Å². The van der Waals surface area contributed by atoms with E-state index in [1.165, 1.54) is 24.3 Å². The summed E-state index contributed by atoms with van der Waals surface area (Å²) >= 11 is 0. The van der Waals surface area contributed by atoms with Crippen LogP contribution in [0, 0.1) is 13.8 Å². The Morgan fingerprint density at radius 3 is 2.36 bits per heavy atom. The van der Waals surface area contributed by atoms with Gasteiger partial charge in [0.25, 0.3) is 17.7 Å². The van der Waals surface area contributed by atoms with Crippen LogP contribution >= 0.6 is 0 Å². The van der Waals surface area contributed by atoms with E-state index in [9.17, 15) is 19.2 Å². The Balaban J connectivity index is 1.61.